The predicted molar refractivity (Wildman–Crippen MR) is 97.3 cm³/mol. The molecular weight excluding hydrogens is 330 g/mol. The van der Waals surface area contributed by atoms with Gasteiger partial charge < -0.3 is 14.5 Å². The van der Waals surface area contributed by atoms with Crippen LogP contribution in [0, 0.1) is 0 Å². The number of carbonyl (C=O) groups excluding carboxylic acids is 1. The van der Waals surface area contributed by atoms with Crippen LogP contribution in [0.1, 0.15) is 34.7 Å². The van der Waals surface area contributed by atoms with E-state index in [4.69, 9.17) is 9.15 Å². The number of fused-ring (bicyclic) bond motifs is 1. The maximum Gasteiger partial charge on any atom is 0.251 e. The molecule has 3 aromatic rings. The first-order valence-corrected chi connectivity index (χ1v) is 8.60. The SMILES string of the molecule is COc1ccccc1-c1nnc(CNc2ccc3c(c2)C(=O)CCC3)o1. The minimum absolute atomic E-state index is 0.214. The van der Waals surface area contributed by atoms with Crippen LogP contribution in [-0.4, -0.2) is 23.1 Å². The molecule has 1 aliphatic rings. The Morgan fingerprint density at radius 3 is 2.88 bits per heavy atom. The number of para-hydroxylation sites is 1. The quantitative estimate of drug-likeness (QED) is 0.753. The molecule has 0 spiro atoms. The van der Waals surface area contributed by atoms with Crippen molar-refractivity contribution in [2.24, 2.45) is 0 Å². The van der Waals surface area contributed by atoms with Crippen LogP contribution < -0.4 is 10.1 Å². The first-order valence-electron chi connectivity index (χ1n) is 8.60. The van der Waals surface area contributed by atoms with Crippen LogP contribution in [0.4, 0.5) is 5.69 Å². The van der Waals surface area contributed by atoms with Crippen molar-refractivity contribution in [2.75, 3.05) is 12.4 Å². The molecule has 6 nitrogen and oxygen atoms in total. The van der Waals surface area contributed by atoms with Crippen molar-refractivity contribution in [3.05, 3.63) is 59.5 Å². The fraction of sp³-hybridized carbons (Fsp3) is 0.250. The zero-order chi connectivity index (χ0) is 17.9. The Bertz CT molecular complexity index is 949. The van der Waals surface area contributed by atoms with E-state index in [2.05, 4.69) is 15.5 Å². The summed E-state index contributed by atoms with van der Waals surface area (Å²) in [6.07, 6.45) is 2.53. The van der Waals surface area contributed by atoms with Crippen LogP contribution in [0.15, 0.2) is 46.9 Å². The molecule has 0 atom stereocenters. The van der Waals surface area contributed by atoms with E-state index in [1.165, 1.54) is 0 Å². The van der Waals surface area contributed by atoms with Crippen LogP contribution in [0.2, 0.25) is 0 Å². The lowest BCUT2D eigenvalue weighted by Gasteiger charge is -2.15. The first-order chi connectivity index (χ1) is 12.7. The van der Waals surface area contributed by atoms with Gasteiger partial charge in [-0.15, -0.1) is 10.2 Å². The van der Waals surface area contributed by atoms with Crippen molar-refractivity contribution in [3.63, 3.8) is 0 Å². The second-order valence-electron chi connectivity index (χ2n) is 6.20. The summed E-state index contributed by atoms with van der Waals surface area (Å²) in [7, 11) is 1.61. The average molecular weight is 349 g/mol. The maximum atomic E-state index is 12.1. The molecule has 1 N–H and O–H groups in total. The van der Waals surface area contributed by atoms with Crippen LogP contribution in [-0.2, 0) is 13.0 Å². The third-order valence-corrected chi connectivity index (χ3v) is 4.51. The highest BCUT2D eigenvalue weighted by Crippen LogP contribution is 2.29. The molecule has 0 fully saturated rings. The highest BCUT2D eigenvalue weighted by molar-refractivity contribution is 5.99. The Morgan fingerprint density at radius 2 is 2.00 bits per heavy atom. The number of aryl methyl sites for hydroxylation is 1. The second kappa shape index (κ2) is 7.00. The molecule has 2 aromatic carbocycles. The van der Waals surface area contributed by atoms with Crippen LogP contribution in [0.3, 0.4) is 0 Å². The Morgan fingerprint density at radius 1 is 1.12 bits per heavy atom. The molecule has 132 valence electrons. The summed E-state index contributed by atoms with van der Waals surface area (Å²) in [5.74, 6) is 1.78. The third kappa shape index (κ3) is 3.18. The van der Waals surface area contributed by atoms with Crippen molar-refractivity contribution in [1.82, 2.24) is 10.2 Å². The largest absolute Gasteiger partial charge is 0.496 e. The van der Waals surface area contributed by atoms with E-state index in [1.54, 1.807) is 7.11 Å². The summed E-state index contributed by atoms with van der Waals surface area (Å²) in [4.78, 5) is 12.1. The zero-order valence-electron chi connectivity index (χ0n) is 14.5. The van der Waals surface area contributed by atoms with Crippen LogP contribution >= 0.6 is 0 Å². The van der Waals surface area contributed by atoms with Gasteiger partial charge in [0.1, 0.15) is 5.75 Å². The van der Waals surface area contributed by atoms with Crippen molar-refractivity contribution in [1.29, 1.82) is 0 Å². The van der Waals surface area contributed by atoms with Gasteiger partial charge in [-0.2, -0.15) is 0 Å². The molecule has 6 heteroatoms. The van der Waals surface area contributed by atoms with E-state index in [9.17, 15) is 4.79 Å². The van der Waals surface area contributed by atoms with Crippen molar-refractivity contribution < 1.29 is 13.9 Å². The second-order valence-corrected chi connectivity index (χ2v) is 6.20. The van der Waals surface area contributed by atoms with Crippen molar-refractivity contribution >= 4 is 11.5 Å². The Labute approximate surface area is 151 Å². The first kappa shape index (κ1) is 16.3. The summed E-state index contributed by atoms with van der Waals surface area (Å²) < 4.78 is 11.1. The van der Waals surface area contributed by atoms with Gasteiger partial charge in [-0.3, -0.25) is 4.79 Å². The van der Waals surface area contributed by atoms with E-state index >= 15 is 0 Å². The van der Waals surface area contributed by atoms with Crippen molar-refractivity contribution in [2.45, 2.75) is 25.8 Å². The molecule has 0 unspecified atom stereocenters. The molecule has 1 aromatic heterocycles. The van der Waals surface area contributed by atoms with Gasteiger partial charge in [0.15, 0.2) is 5.78 Å². The number of rotatable bonds is 5. The van der Waals surface area contributed by atoms with Gasteiger partial charge in [0.25, 0.3) is 5.89 Å². The van der Waals surface area contributed by atoms with Crippen LogP contribution in [0.25, 0.3) is 11.5 Å². The number of ketones is 1. The van der Waals surface area contributed by atoms with Gasteiger partial charge in [0.05, 0.1) is 19.2 Å². The van der Waals surface area contributed by atoms with Gasteiger partial charge in [-0.25, -0.2) is 0 Å². The number of ether oxygens (including phenoxy) is 1. The lowest BCUT2D eigenvalue weighted by Crippen LogP contribution is -2.11. The highest BCUT2D eigenvalue weighted by Gasteiger charge is 2.17. The van der Waals surface area contributed by atoms with Gasteiger partial charge in [-0.05, 0) is 42.7 Å². The summed E-state index contributed by atoms with van der Waals surface area (Å²) >= 11 is 0. The van der Waals surface area contributed by atoms with E-state index < -0.39 is 0 Å². The molecule has 1 aliphatic carbocycles. The summed E-state index contributed by atoms with van der Waals surface area (Å²) in [6, 6.07) is 13.4. The third-order valence-electron chi connectivity index (χ3n) is 4.51. The smallest absolute Gasteiger partial charge is 0.251 e. The molecule has 1 heterocycles. The molecule has 26 heavy (non-hydrogen) atoms. The molecule has 0 bridgehead atoms. The van der Waals surface area contributed by atoms with Crippen molar-refractivity contribution in [3.8, 4) is 17.2 Å². The number of nitrogens with zero attached hydrogens (tertiary/aromatic N) is 2. The fourth-order valence-electron chi connectivity index (χ4n) is 3.17. The lowest BCUT2D eigenvalue weighted by atomic mass is 9.90. The Balaban J connectivity index is 1.49. The van der Waals surface area contributed by atoms with E-state index in [1.807, 2.05) is 42.5 Å². The monoisotopic (exact) mass is 349 g/mol. The normalized spacial score (nSPS) is 13.3. The number of anilines is 1. The Hall–Kier alpha value is -3.15. The maximum absolute atomic E-state index is 12.1. The number of carbonyl (C=O) groups is 1. The van der Waals surface area contributed by atoms with Gasteiger partial charge in [0, 0.05) is 17.7 Å². The minimum atomic E-state index is 0.214. The molecule has 0 radical (unpaired) electrons. The number of hydrogen-bond donors (Lipinski definition) is 1. The van der Waals surface area contributed by atoms with E-state index in [0.29, 0.717) is 30.5 Å². The zero-order valence-corrected chi connectivity index (χ0v) is 14.5. The molecule has 0 amide bonds. The van der Waals surface area contributed by atoms with E-state index in [0.717, 1.165) is 35.2 Å². The average Bonchev–Trinajstić information content (AvgIpc) is 3.15. The molecule has 4 rings (SSSR count). The van der Waals surface area contributed by atoms with Gasteiger partial charge in [0.2, 0.25) is 5.89 Å². The lowest BCUT2D eigenvalue weighted by molar-refractivity contribution is 0.0972. The molecule has 0 saturated heterocycles. The summed E-state index contributed by atoms with van der Waals surface area (Å²) in [5.41, 5.74) is 3.58. The van der Waals surface area contributed by atoms with Gasteiger partial charge in [-0.1, -0.05) is 18.2 Å². The number of benzene rings is 2. The molecular formula is C20H19N3O3. The number of Topliss-reactive ketones (excluding diaryl/α,β-unsaturated/α-hetero) is 1. The molecule has 0 saturated carbocycles. The number of aromatic nitrogens is 2. The number of methoxy groups -OCH3 is 1. The minimum Gasteiger partial charge on any atom is -0.496 e. The summed E-state index contributed by atoms with van der Waals surface area (Å²) in [5, 5.41) is 11.4. The van der Waals surface area contributed by atoms with E-state index in [-0.39, 0.29) is 5.78 Å². The Kier molecular flexibility index (Phi) is 4.39. The van der Waals surface area contributed by atoms with Gasteiger partial charge >= 0.3 is 0 Å². The standard InChI is InChI=1S/C20H19N3O3/c1-25-18-8-3-2-6-15(18)20-23-22-19(26-20)12-21-14-10-9-13-5-4-7-17(24)16(13)11-14/h2-3,6,8-11,21H,4-5,7,12H2,1H3. The topological polar surface area (TPSA) is 77.3 Å². The predicted octanol–water partition coefficient (Wildman–Crippen LogP) is 3.88. The number of nitrogens with one attached hydrogen (secondary N) is 1. The highest BCUT2D eigenvalue weighted by atomic mass is 16.5. The molecule has 0 aliphatic heterocycles. The van der Waals surface area contributed by atoms with Crippen LogP contribution in [0.5, 0.6) is 5.75 Å². The number of hydrogen-bond acceptors (Lipinski definition) is 6. The summed E-state index contributed by atoms with van der Waals surface area (Å²) in [6.45, 7) is 0.384. The fourth-order valence-corrected chi connectivity index (χ4v) is 3.17.